The highest BCUT2D eigenvalue weighted by Gasteiger charge is 2.17. The molecular formula is C40H38O4. The summed E-state index contributed by atoms with van der Waals surface area (Å²) in [6.45, 7) is 12.5. The predicted octanol–water partition coefficient (Wildman–Crippen LogP) is 10.1. The Labute approximate surface area is 260 Å². The summed E-state index contributed by atoms with van der Waals surface area (Å²) in [6, 6.07) is 37.5. The number of carbonyl (C=O) groups excluding carboxylic acids is 2. The monoisotopic (exact) mass is 582 g/mol. The van der Waals surface area contributed by atoms with Crippen LogP contribution in [0, 0.1) is 0 Å². The van der Waals surface area contributed by atoms with Crippen molar-refractivity contribution in [2.24, 2.45) is 0 Å². The highest BCUT2D eigenvalue weighted by atomic mass is 16.5. The molecule has 4 heteroatoms. The molecule has 5 aromatic rings. The second kappa shape index (κ2) is 12.3. The van der Waals surface area contributed by atoms with Gasteiger partial charge >= 0.3 is 0 Å². The van der Waals surface area contributed by atoms with Crippen molar-refractivity contribution in [2.45, 2.75) is 52.6 Å². The van der Waals surface area contributed by atoms with E-state index in [1.807, 2.05) is 93.6 Å². The third-order valence-corrected chi connectivity index (χ3v) is 7.22. The molecule has 0 amide bonds. The zero-order valence-corrected chi connectivity index (χ0v) is 26.2. The molecule has 0 aliphatic heterocycles. The molecule has 5 aromatic carbocycles. The summed E-state index contributed by atoms with van der Waals surface area (Å²) < 4.78 is 12.0. The minimum absolute atomic E-state index is 0.00877. The lowest BCUT2D eigenvalue weighted by Crippen LogP contribution is -2.22. The molecule has 0 heterocycles. The van der Waals surface area contributed by atoms with Gasteiger partial charge in [-0.25, -0.2) is 0 Å². The van der Waals surface area contributed by atoms with E-state index in [1.54, 1.807) is 48.5 Å². The molecule has 0 N–H and O–H groups in total. The number of ether oxygens (including phenoxy) is 2. The first-order valence-electron chi connectivity index (χ1n) is 14.8. The number of hydrogen-bond acceptors (Lipinski definition) is 4. The number of carbonyl (C=O) groups is 2. The second-order valence-corrected chi connectivity index (χ2v) is 13.0. The van der Waals surface area contributed by atoms with Gasteiger partial charge < -0.3 is 9.47 Å². The summed E-state index contributed by atoms with van der Waals surface area (Å²) in [5.74, 6) is 1.90. The normalized spacial score (nSPS) is 11.6. The Kier molecular flexibility index (Phi) is 8.55. The standard InChI is InChI=1S/C40H38O4/c1-39(2,3)33-18-10-29(11-19-33)37(41)31-8-7-9-32(26-31)38(42)30-16-22-35(23-17-30)43-34-20-12-27(13-21-34)28-14-24-36(25-15-28)44-40(4,5)6/h7-26H,1-6H3. The van der Waals surface area contributed by atoms with Crippen molar-refractivity contribution < 1.29 is 19.1 Å². The SMILES string of the molecule is CC(C)(C)Oc1ccc(-c2ccc(Oc3ccc(C(=O)c4cccc(C(=O)c5ccc(C(C)(C)C)cc5)c4)cc3)cc2)cc1. The zero-order chi connectivity index (χ0) is 31.5. The molecule has 0 spiro atoms. The Morgan fingerprint density at radius 3 is 1.32 bits per heavy atom. The van der Waals surface area contributed by atoms with E-state index in [-0.39, 0.29) is 22.6 Å². The van der Waals surface area contributed by atoms with E-state index in [0.29, 0.717) is 33.8 Å². The molecule has 0 atom stereocenters. The van der Waals surface area contributed by atoms with Crippen LogP contribution in [0.3, 0.4) is 0 Å². The minimum Gasteiger partial charge on any atom is -0.488 e. The van der Waals surface area contributed by atoms with Crippen molar-refractivity contribution in [2.75, 3.05) is 0 Å². The first-order chi connectivity index (χ1) is 20.9. The molecule has 0 aromatic heterocycles. The summed E-state index contributed by atoms with van der Waals surface area (Å²) in [6.07, 6.45) is 0. The zero-order valence-electron chi connectivity index (χ0n) is 26.2. The van der Waals surface area contributed by atoms with Crippen LogP contribution in [0.4, 0.5) is 0 Å². The van der Waals surface area contributed by atoms with Crippen molar-refractivity contribution in [3.8, 4) is 28.4 Å². The van der Waals surface area contributed by atoms with Crippen LogP contribution in [0.1, 0.15) is 78.9 Å². The topological polar surface area (TPSA) is 52.6 Å². The molecule has 0 aliphatic carbocycles. The van der Waals surface area contributed by atoms with Crippen molar-refractivity contribution in [1.29, 1.82) is 0 Å². The van der Waals surface area contributed by atoms with Gasteiger partial charge in [-0.2, -0.15) is 0 Å². The smallest absolute Gasteiger partial charge is 0.193 e. The fourth-order valence-corrected chi connectivity index (χ4v) is 4.85. The third kappa shape index (κ3) is 7.51. The van der Waals surface area contributed by atoms with Gasteiger partial charge in [-0.1, -0.05) is 87.5 Å². The maximum atomic E-state index is 13.3. The summed E-state index contributed by atoms with van der Waals surface area (Å²) in [4.78, 5) is 26.4. The van der Waals surface area contributed by atoms with Crippen molar-refractivity contribution in [3.05, 3.63) is 149 Å². The van der Waals surface area contributed by atoms with Crippen molar-refractivity contribution in [1.82, 2.24) is 0 Å². The van der Waals surface area contributed by atoms with Crippen LogP contribution < -0.4 is 9.47 Å². The number of hydrogen-bond donors (Lipinski definition) is 0. The van der Waals surface area contributed by atoms with Gasteiger partial charge in [0, 0.05) is 22.3 Å². The fraction of sp³-hybridized carbons (Fsp3) is 0.200. The van der Waals surface area contributed by atoms with Crippen LogP contribution in [-0.2, 0) is 5.41 Å². The third-order valence-electron chi connectivity index (χ3n) is 7.22. The molecule has 222 valence electrons. The van der Waals surface area contributed by atoms with E-state index >= 15 is 0 Å². The van der Waals surface area contributed by atoms with Crippen molar-refractivity contribution >= 4 is 11.6 Å². The average molecular weight is 583 g/mol. The molecule has 44 heavy (non-hydrogen) atoms. The van der Waals surface area contributed by atoms with Gasteiger partial charge in [0.15, 0.2) is 11.6 Å². The molecule has 5 rings (SSSR count). The first-order valence-corrected chi connectivity index (χ1v) is 14.8. The van der Waals surface area contributed by atoms with Crippen LogP contribution in [0.25, 0.3) is 11.1 Å². The van der Waals surface area contributed by atoms with Crippen LogP contribution in [-0.4, -0.2) is 17.2 Å². The summed E-state index contributed by atoms with van der Waals surface area (Å²) in [7, 11) is 0. The first kappa shape index (κ1) is 30.5. The van der Waals surface area contributed by atoms with E-state index in [9.17, 15) is 9.59 Å². The van der Waals surface area contributed by atoms with Gasteiger partial charge in [-0.15, -0.1) is 0 Å². The number of ketones is 2. The van der Waals surface area contributed by atoms with Crippen LogP contribution in [0.15, 0.2) is 121 Å². The van der Waals surface area contributed by atoms with Crippen LogP contribution in [0.5, 0.6) is 17.2 Å². The summed E-state index contributed by atoms with van der Waals surface area (Å²) in [5, 5.41) is 0. The average Bonchev–Trinajstić information content (AvgIpc) is 3.00. The lowest BCUT2D eigenvalue weighted by molar-refractivity contribution is 0.103. The quantitative estimate of drug-likeness (QED) is 0.171. The molecule has 0 aliphatic rings. The molecule has 0 unspecified atom stereocenters. The molecule has 0 bridgehead atoms. The van der Waals surface area contributed by atoms with E-state index in [1.165, 1.54) is 0 Å². The molecule has 0 fully saturated rings. The maximum absolute atomic E-state index is 13.3. The minimum atomic E-state index is -0.239. The van der Waals surface area contributed by atoms with Gasteiger partial charge in [0.2, 0.25) is 0 Å². The Hall–Kier alpha value is -4.96. The van der Waals surface area contributed by atoms with Crippen LogP contribution >= 0.6 is 0 Å². The predicted molar refractivity (Wildman–Crippen MR) is 177 cm³/mol. The number of rotatable bonds is 8. The van der Waals surface area contributed by atoms with E-state index < -0.39 is 0 Å². The molecule has 0 saturated heterocycles. The molecular weight excluding hydrogens is 544 g/mol. The molecule has 4 nitrogen and oxygen atoms in total. The molecule has 0 saturated carbocycles. The lowest BCUT2D eigenvalue weighted by atomic mass is 9.86. The largest absolute Gasteiger partial charge is 0.488 e. The Morgan fingerprint density at radius 2 is 0.886 bits per heavy atom. The Bertz CT molecular complexity index is 1750. The summed E-state index contributed by atoms with van der Waals surface area (Å²) >= 11 is 0. The van der Waals surface area contributed by atoms with Gasteiger partial charge in [-0.05, 0) is 97.5 Å². The molecule has 0 radical (unpaired) electrons. The Morgan fingerprint density at radius 1 is 0.477 bits per heavy atom. The fourth-order valence-electron chi connectivity index (χ4n) is 4.85. The van der Waals surface area contributed by atoms with Gasteiger partial charge in [0.05, 0.1) is 0 Å². The number of benzene rings is 5. The Balaban J connectivity index is 1.23. The van der Waals surface area contributed by atoms with Gasteiger partial charge in [0.25, 0.3) is 0 Å². The van der Waals surface area contributed by atoms with E-state index in [0.717, 1.165) is 22.4 Å². The van der Waals surface area contributed by atoms with Gasteiger partial charge in [-0.3, -0.25) is 9.59 Å². The van der Waals surface area contributed by atoms with E-state index in [4.69, 9.17) is 9.47 Å². The second-order valence-electron chi connectivity index (χ2n) is 13.0. The van der Waals surface area contributed by atoms with Crippen molar-refractivity contribution in [3.63, 3.8) is 0 Å². The van der Waals surface area contributed by atoms with Gasteiger partial charge in [0.1, 0.15) is 22.8 Å². The van der Waals surface area contributed by atoms with Crippen LogP contribution in [0.2, 0.25) is 0 Å². The highest BCUT2D eigenvalue weighted by molar-refractivity contribution is 6.13. The maximum Gasteiger partial charge on any atom is 0.193 e. The summed E-state index contributed by atoms with van der Waals surface area (Å²) in [5.41, 5.74) is 5.16. The lowest BCUT2D eigenvalue weighted by Gasteiger charge is -2.21. The van der Waals surface area contributed by atoms with E-state index in [2.05, 4.69) is 20.8 Å². The highest BCUT2D eigenvalue weighted by Crippen LogP contribution is 2.29.